The van der Waals surface area contributed by atoms with Gasteiger partial charge in [-0.1, -0.05) is 12.8 Å². The molecule has 0 spiro atoms. The normalized spacial score (nSPS) is 15.7. The van der Waals surface area contributed by atoms with E-state index in [1.54, 1.807) is 18.2 Å². The lowest BCUT2D eigenvalue weighted by molar-refractivity contribution is -0.113. The Morgan fingerprint density at radius 3 is 2.00 bits per heavy atom. The molecule has 2 N–H and O–H groups in total. The first-order valence-electron chi connectivity index (χ1n) is 11.3. The van der Waals surface area contributed by atoms with Crippen molar-refractivity contribution in [3.8, 4) is 11.3 Å². The molecule has 7 heteroatoms. The number of nitrogens with zero attached hydrogens (tertiary/aromatic N) is 1. The summed E-state index contributed by atoms with van der Waals surface area (Å²) >= 11 is 0. The fraction of sp³-hybridized carbons (Fsp3) is 0.423. The van der Waals surface area contributed by atoms with Crippen LogP contribution in [0.1, 0.15) is 38.5 Å². The SMILES string of the molecule is CN1CCCCC1.CO.Fc1ccc(-c2cc3cc(F)cc(F)c3[nH]2)cc1.O=CC1CCC1. The van der Waals surface area contributed by atoms with Gasteiger partial charge in [-0.25, -0.2) is 13.2 Å². The number of nitrogens with one attached hydrogen (secondary N) is 1. The predicted molar refractivity (Wildman–Crippen MR) is 127 cm³/mol. The van der Waals surface area contributed by atoms with Gasteiger partial charge in [-0.15, -0.1) is 0 Å². The number of rotatable bonds is 2. The highest BCUT2D eigenvalue weighted by Crippen LogP contribution is 2.26. The van der Waals surface area contributed by atoms with Crippen molar-refractivity contribution in [2.24, 2.45) is 5.92 Å². The lowest BCUT2D eigenvalue weighted by Gasteiger charge is -2.20. The molecular weight excluding hydrogens is 429 g/mol. The van der Waals surface area contributed by atoms with Gasteiger partial charge in [0.1, 0.15) is 23.7 Å². The summed E-state index contributed by atoms with van der Waals surface area (Å²) in [5.74, 6) is -1.17. The summed E-state index contributed by atoms with van der Waals surface area (Å²) in [7, 11) is 3.19. The predicted octanol–water partition coefficient (Wildman–Crippen LogP) is 5.95. The van der Waals surface area contributed by atoms with Crippen molar-refractivity contribution in [2.75, 3.05) is 27.2 Å². The van der Waals surface area contributed by atoms with Crippen LogP contribution in [0.5, 0.6) is 0 Å². The van der Waals surface area contributed by atoms with Gasteiger partial charge in [0.05, 0.1) is 5.52 Å². The lowest BCUT2D eigenvalue weighted by atomic mass is 9.87. The van der Waals surface area contributed by atoms with Crippen LogP contribution in [0.2, 0.25) is 0 Å². The van der Waals surface area contributed by atoms with Crippen LogP contribution in [-0.4, -0.2) is 48.5 Å². The van der Waals surface area contributed by atoms with Gasteiger partial charge in [-0.2, -0.15) is 0 Å². The number of benzene rings is 2. The molecule has 0 amide bonds. The minimum absolute atomic E-state index is 0.246. The van der Waals surface area contributed by atoms with Gasteiger partial charge in [0.15, 0.2) is 0 Å². The number of carbonyl (C=O) groups excluding carboxylic acids is 1. The van der Waals surface area contributed by atoms with Crippen molar-refractivity contribution in [1.29, 1.82) is 0 Å². The van der Waals surface area contributed by atoms with Crippen LogP contribution in [0.25, 0.3) is 22.2 Å². The second-order valence-electron chi connectivity index (χ2n) is 8.23. The standard InChI is InChI=1S/C14H8F3N.C6H13N.C5H8O.CH4O/c15-10-3-1-8(2-4-10)13-6-9-5-11(16)7-12(17)14(9)18-13;1-7-5-3-2-4-6-7;6-4-5-2-1-3-5;1-2/h1-7,18H;2-6H2,1H3;4-5H,1-3H2;2H,1H3. The smallest absolute Gasteiger partial charge is 0.150 e. The van der Waals surface area contributed by atoms with Crippen molar-refractivity contribution >= 4 is 17.2 Å². The summed E-state index contributed by atoms with van der Waals surface area (Å²) in [5.41, 5.74) is 1.58. The Kier molecular flexibility index (Phi) is 11.1. The lowest BCUT2D eigenvalue weighted by Crippen LogP contribution is -2.24. The van der Waals surface area contributed by atoms with E-state index in [1.165, 1.54) is 57.0 Å². The average Bonchev–Trinajstić information content (AvgIpc) is 3.21. The molecule has 2 heterocycles. The number of aromatic amines is 1. The Bertz CT molecular complexity index is 979. The topological polar surface area (TPSA) is 56.3 Å². The number of carbonyl (C=O) groups is 1. The number of aromatic nitrogens is 1. The van der Waals surface area contributed by atoms with Crippen molar-refractivity contribution in [3.05, 3.63) is 59.9 Å². The van der Waals surface area contributed by atoms with E-state index < -0.39 is 11.6 Å². The number of fused-ring (bicyclic) bond motifs is 1. The summed E-state index contributed by atoms with van der Waals surface area (Å²) in [4.78, 5) is 15.0. The zero-order valence-corrected chi connectivity index (χ0v) is 19.3. The minimum Gasteiger partial charge on any atom is -0.400 e. The third-order valence-electron chi connectivity index (χ3n) is 5.72. The molecule has 5 rings (SSSR count). The van der Waals surface area contributed by atoms with Crippen LogP contribution in [0.3, 0.4) is 0 Å². The highest BCUT2D eigenvalue weighted by molar-refractivity contribution is 5.86. The highest BCUT2D eigenvalue weighted by atomic mass is 19.1. The molecule has 3 aromatic rings. The number of aliphatic hydroxyl groups excluding tert-OH is 1. The summed E-state index contributed by atoms with van der Waals surface area (Å²) in [6.07, 6.45) is 8.89. The Balaban J connectivity index is 0.000000210. The van der Waals surface area contributed by atoms with Gasteiger partial charge in [0.25, 0.3) is 0 Å². The molecule has 1 saturated carbocycles. The second-order valence-corrected chi connectivity index (χ2v) is 8.23. The van der Waals surface area contributed by atoms with Crippen molar-refractivity contribution in [2.45, 2.75) is 38.5 Å². The first-order chi connectivity index (χ1) is 16.0. The van der Waals surface area contributed by atoms with Gasteiger partial charge < -0.3 is 19.8 Å². The van der Waals surface area contributed by atoms with E-state index in [2.05, 4.69) is 16.9 Å². The van der Waals surface area contributed by atoms with E-state index in [4.69, 9.17) is 5.11 Å². The fourth-order valence-electron chi connectivity index (χ4n) is 3.58. The maximum absolute atomic E-state index is 13.5. The molecule has 2 aromatic carbocycles. The van der Waals surface area contributed by atoms with Crippen molar-refractivity contribution < 1.29 is 23.1 Å². The number of aldehydes is 1. The van der Waals surface area contributed by atoms with Gasteiger partial charge in [-0.3, -0.25) is 0 Å². The zero-order valence-electron chi connectivity index (χ0n) is 19.3. The van der Waals surface area contributed by atoms with Gasteiger partial charge >= 0.3 is 0 Å². The van der Waals surface area contributed by atoms with E-state index in [-0.39, 0.29) is 11.3 Å². The van der Waals surface area contributed by atoms with Crippen LogP contribution in [0, 0.1) is 23.4 Å². The molecule has 0 radical (unpaired) electrons. The zero-order chi connectivity index (χ0) is 24.2. The molecule has 180 valence electrons. The third kappa shape index (κ3) is 8.33. The summed E-state index contributed by atoms with van der Waals surface area (Å²) in [6, 6.07) is 9.50. The molecule has 1 saturated heterocycles. The van der Waals surface area contributed by atoms with E-state index in [9.17, 15) is 18.0 Å². The molecular formula is C26H33F3N2O2. The molecule has 2 fully saturated rings. The van der Waals surface area contributed by atoms with Crippen LogP contribution in [-0.2, 0) is 4.79 Å². The second kappa shape index (κ2) is 13.8. The molecule has 0 unspecified atom stereocenters. The van der Waals surface area contributed by atoms with E-state index >= 15 is 0 Å². The molecule has 1 aromatic heterocycles. The molecule has 2 aliphatic rings. The number of hydrogen-bond donors (Lipinski definition) is 2. The maximum Gasteiger partial charge on any atom is 0.150 e. The summed E-state index contributed by atoms with van der Waals surface area (Å²) in [5, 5.41) is 7.45. The Morgan fingerprint density at radius 1 is 0.909 bits per heavy atom. The molecule has 0 atom stereocenters. The quantitative estimate of drug-likeness (QED) is 0.463. The summed E-state index contributed by atoms with van der Waals surface area (Å²) < 4.78 is 39.4. The number of likely N-dealkylation sites (tertiary alicyclic amines) is 1. The van der Waals surface area contributed by atoms with Crippen LogP contribution in [0.15, 0.2) is 42.5 Å². The first kappa shape index (κ1) is 26.6. The van der Waals surface area contributed by atoms with Crippen molar-refractivity contribution in [1.82, 2.24) is 9.88 Å². The van der Waals surface area contributed by atoms with Crippen molar-refractivity contribution in [3.63, 3.8) is 0 Å². The molecule has 1 aliphatic heterocycles. The number of H-pyrrole nitrogens is 1. The van der Waals surface area contributed by atoms with E-state index in [0.29, 0.717) is 22.6 Å². The number of halogens is 3. The van der Waals surface area contributed by atoms with Crippen LogP contribution < -0.4 is 0 Å². The first-order valence-corrected chi connectivity index (χ1v) is 11.3. The molecule has 1 aliphatic carbocycles. The minimum atomic E-state index is -0.640. The number of piperidine rings is 1. The van der Waals surface area contributed by atoms with E-state index in [1.807, 2.05) is 0 Å². The average molecular weight is 463 g/mol. The largest absolute Gasteiger partial charge is 0.400 e. The number of aliphatic hydroxyl groups is 1. The highest BCUT2D eigenvalue weighted by Gasteiger charge is 2.14. The van der Waals surface area contributed by atoms with Crippen LogP contribution >= 0.6 is 0 Å². The van der Waals surface area contributed by atoms with Crippen LogP contribution in [0.4, 0.5) is 13.2 Å². The number of hydrogen-bond acceptors (Lipinski definition) is 3. The Hall–Kier alpha value is -2.64. The fourth-order valence-corrected chi connectivity index (χ4v) is 3.58. The van der Waals surface area contributed by atoms with Gasteiger partial charge in [-0.05, 0) is 87.8 Å². The molecule has 4 nitrogen and oxygen atoms in total. The Labute approximate surface area is 193 Å². The van der Waals surface area contributed by atoms with Gasteiger partial charge in [0, 0.05) is 30.2 Å². The monoisotopic (exact) mass is 462 g/mol. The van der Waals surface area contributed by atoms with Gasteiger partial charge in [0.2, 0.25) is 0 Å². The Morgan fingerprint density at radius 2 is 1.55 bits per heavy atom. The third-order valence-corrected chi connectivity index (χ3v) is 5.72. The molecule has 0 bridgehead atoms. The van der Waals surface area contributed by atoms with E-state index in [0.717, 1.165) is 32.3 Å². The maximum atomic E-state index is 13.5. The summed E-state index contributed by atoms with van der Waals surface area (Å²) in [6.45, 7) is 2.64. The molecule has 33 heavy (non-hydrogen) atoms.